The van der Waals surface area contributed by atoms with E-state index in [4.69, 9.17) is 0 Å². The largest absolute Gasteiger partial charge is 0.313 e. The average molecular weight is 214 g/mol. The number of nitrogens with one attached hydrogen (secondary N) is 1. The topological polar surface area (TPSA) is 15.3 Å². The van der Waals surface area contributed by atoms with Gasteiger partial charge in [0, 0.05) is 19.1 Å². The molecule has 2 nitrogen and oxygen atoms in total. The van der Waals surface area contributed by atoms with Gasteiger partial charge in [-0.25, -0.2) is 0 Å². The SMILES string of the molecule is CCC(CC)C(C)NCCN(CC)CC. The Bertz CT molecular complexity index is 128. The molecule has 0 radical (unpaired) electrons. The van der Waals surface area contributed by atoms with E-state index in [1.807, 2.05) is 0 Å². The second kappa shape index (κ2) is 9.17. The van der Waals surface area contributed by atoms with Gasteiger partial charge in [-0.2, -0.15) is 0 Å². The highest BCUT2D eigenvalue weighted by atomic mass is 15.1. The molecule has 0 aromatic heterocycles. The Balaban J connectivity index is 3.65. The summed E-state index contributed by atoms with van der Waals surface area (Å²) >= 11 is 0. The molecule has 92 valence electrons. The maximum absolute atomic E-state index is 3.64. The van der Waals surface area contributed by atoms with Crippen molar-refractivity contribution in [2.75, 3.05) is 26.2 Å². The summed E-state index contributed by atoms with van der Waals surface area (Å²) in [5, 5.41) is 3.64. The highest BCUT2D eigenvalue weighted by Gasteiger charge is 2.12. The second-order valence-corrected chi connectivity index (χ2v) is 4.35. The Labute approximate surface area is 96.4 Å². The Hall–Kier alpha value is -0.0800. The fourth-order valence-electron chi connectivity index (χ4n) is 2.15. The third-order valence-corrected chi connectivity index (χ3v) is 3.54. The van der Waals surface area contributed by atoms with Crippen LogP contribution in [0.1, 0.15) is 47.5 Å². The van der Waals surface area contributed by atoms with Crippen LogP contribution in [-0.4, -0.2) is 37.1 Å². The molecule has 0 heterocycles. The number of hydrogen-bond donors (Lipinski definition) is 1. The van der Waals surface area contributed by atoms with Crippen molar-refractivity contribution in [1.29, 1.82) is 0 Å². The zero-order chi connectivity index (χ0) is 11.7. The summed E-state index contributed by atoms with van der Waals surface area (Å²) in [6, 6.07) is 0.663. The first-order chi connectivity index (χ1) is 7.19. The number of rotatable bonds is 9. The molecule has 0 aromatic rings. The zero-order valence-corrected chi connectivity index (χ0v) is 11.3. The van der Waals surface area contributed by atoms with Crippen LogP contribution in [0.15, 0.2) is 0 Å². The Morgan fingerprint density at radius 1 is 1.00 bits per heavy atom. The molecule has 0 bridgehead atoms. The summed E-state index contributed by atoms with van der Waals surface area (Å²) in [6.45, 7) is 16.0. The molecular formula is C13H30N2. The molecule has 0 aliphatic carbocycles. The van der Waals surface area contributed by atoms with Crippen molar-refractivity contribution in [3.63, 3.8) is 0 Å². The minimum absolute atomic E-state index is 0.663. The molecule has 15 heavy (non-hydrogen) atoms. The highest BCUT2D eigenvalue weighted by molar-refractivity contribution is 4.70. The lowest BCUT2D eigenvalue weighted by atomic mass is 9.95. The van der Waals surface area contributed by atoms with E-state index in [0.29, 0.717) is 6.04 Å². The van der Waals surface area contributed by atoms with Gasteiger partial charge in [0.05, 0.1) is 0 Å². The third-order valence-electron chi connectivity index (χ3n) is 3.54. The molecule has 0 amide bonds. The molecule has 0 fully saturated rings. The first-order valence-electron chi connectivity index (χ1n) is 6.65. The number of likely N-dealkylation sites (N-methyl/N-ethyl adjacent to an activating group) is 1. The molecule has 1 N–H and O–H groups in total. The standard InChI is InChI=1S/C13H30N2/c1-6-13(7-2)12(5)14-10-11-15(8-3)9-4/h12-14H,6-11H2,1-5H3. The van der Waals surface area contributed by atoms with Crippen molar-refractivity contribution in [3.05, 3.63) is 0 Å². The van der Waals surface area contributed by atoms with Crippen molar-refractivity contribution >= 4 is 0 Å². The quantitative estimate of drug-likeness (QED) is 0.635. The van der Waals surface area contributed by atoms with Crippen LogP contribution in [0.25, 0.3) is 0 Å². The Morgan fingerprint density at radius 2 is 1.53 bits per heavy atom. The molecular weight excluding hydrogens is 184 g/mol. The van der Waals surface area contributed by atoms with E-state index in [1.54, 1.807) is 0 Å². The van der Waals surface area contributed by atoms with Crippen LogP contribution >= 0.6 is 0 Å². The van der Waals surface area contributed by atoms with Crippen LogP contribution in [0.3, 0.4) is 0 Å². The van der Waals surface area contributed by atoms with Crippen LogP contribution in [-0.2, 0) is 0 Å². The summed E-state index contributed by atoms with van der Waals surface area (Å²) in [6.07, 6.45) is 2.58. The summed E-state index contributed by atoms with van der Waals surface area (Å²) < 4.78 is 0. The highest BCUT2D eigenvalue weighted by Crippen LogP contribution is 2.12. The van der Waals surface area contributed by atoms with Crippen molar-refractivity contribution in [1.82, 2.24) is 10.2 Å². The first-order valence-corrected chi connectivity index (χ1v) is 6.65. The molecule has 0 rings (SSSR count). The lowest BCUT2D eigenvalue weighted by molar-refractivity contribution is 0.281. The van der Waals surface area contributed by atoms with Crippen LogP contribution < -0.4 is 5.32 Å². The normalized spacial score (nSPS) is 13.8. The van der Waals surface area contributed by atoms with Crippen molar-refractivity contribution in [2.24, 2.45) is 5.92 Å². The minimum Gasteiger partial charge on any atom is -0.313 e. The molecule has 0 saturated heterocycles. The van der Waals surface area contributed by atoms with Gasteiger partial charge >= 0.3 is 0 Å². The molecule has 0 spiro atoms. The van der Waals surface area contributed by atoms with E-state index in [1.165, 1.54) is 19.4 Å². The predicted molar refractivity (Wildman–Crippen MR) is 69.3 cm³/mol. The average Bonchev–Trinajstić information content (AvgIpc) is 2.26. The van der Waals surface area contributed by atoms with Crippen LogP contribution in [0.2, 0.25) is 0 Å². The molecule has 2 heteroatoms. The summed E-state index contributed by atoms with van der Waals surface area (Å²) in [4.78, 5) is 2.46. The lowest BCUT2D eigenvalue weighted by Gasteiger charge is -2.25. The fourth-order valence-corrected chi connectivity index (χ4v) is 2.15. The molecule has 1 unspecified atom stereocenters. The Morgan fingerprint density at radius 3 is 1.93 bits per heavy atom. The molecule has 0 aromatic carbocycles. The van der Waals surface area contributed by atoms with Gasteiger partial charge < -0.3 is 10.2 Å². The maximum atomic E-state index is 3.64. The van der Waals surface area contributed by atoms with Gasteiger partial charge in [0.1, 0.15) is 0 Å². The van der Waals surface area contributed by atoms with Crippen LogP contribution in [0.4, 0.5) is 0 Å². The monoisotopic (exact) mass is 214 g/mol. The van der Waals surface area contributed by atoms with E-state index >= 15 is 0 Å². The van der Waals surface area contributed by atoms with Crippen molar-refractivity contribution in [3.8, 4) is 0 Å². The molecule has 1 atom stereocenters. The molecule has 0 aliphatic rings. The van der Waals surface area contributed by atoms with E-state index in [-0.39, 0.29) is 0 Å². The summed E-state index contributed by atoms with van der Waals surface area (Å²) in [5.74, 6) is 0.835. The van der Waals surface area contributed by atoms with Crippen LogP contribution in [0.5, 0.6) is 0 Å². The number of nitrogens with zero attached hydrogens (tertiary/aromatic N) is 1. The predicted octanol–water partition coefficient (Wildman–Crippen LogP) is 2.74. The fraction of sp³-hybridized carbons (Fsp3) is 1.00. The third kappa shape index (κ3) is 6.16. The van der Waals surface area contributed by atoms with Gasteiger partial charge in [-0.1, -0.05) is 40.5 Å². The minimum atomic E-state index is 0.663. The van der Waals surface area contributed by atoms with E-state index in [0.717, 1.165) is 25.6 Å². The van der Waals surface area contributed by atoms with Crippen molar-refractivity contribution in [2.45, 2.75) is 53.5 Å². The van der Waals surface area contributed by atoms with Gasteiger partial charge in [-0.15, -0.1) is 0 Å². The molecule has 0 saturated carbocycles. The Kier molecular flexibility index (Phi) is 9.12. The van der Waals surface area contributed by atoms with Gasteiger partial charge in [-0.05, 0) is 25.9 Å². The summed E-state index contributed by atoms with van der Waals surface area (Å²) in [7, 11) is 0. The van der Waals surface area contributed by atoms with Gasteiger partial charge in [-0.3, -0.25) is 0 Å². The number of hydrogen-bond acceptors (Lipinski definition) is 2. The van der Waals surface area contributed by atoms with Crippen LogP contribution in [0, 0.1) is 5.92 Å². The van der Waals surface area contributed by atoms with Gasteiger partial charge in [0.2, 0.25) is 0 Å². The van der Waals surface area contributed by atoms with Gasteiger partial charge in [0.25, 0.3) is 0 Å². The molecule has 0 aliphatic heterocycles. The lowest BCUT2D eigenvalue weighted by Crippen LogP contribution is -2.39. The maximum Gasteiger partial charge on any atom is 0.0107 e. The van der Waals surface area contributed by atoms with Crippen molar-refractivity contribution < 1.29 is 0 Å². The van der Waals surface area contributed by atoms with E-state index in [2.05, 4.69) is 44.8 Å². The zero-order valence-electron chi connectivity index (χ0n) is 11.3. The first kappa shape index (κ1) is 14.9. The smallest absolute Gasteiger partial charge is 0.0107 e. The van der Waals surface area contributed by atoms with Gasteiger partial charge in [0.15, 0.2) is 0 Å². The summed E-state index contributed by atoms with van der Waals surface area (Å²) in [5.41, 5.74) is 0. The van der Waals surface area contributed by atoms with E-state index < -0.39 is 0 Å². The second-order valence-electron chi connectivity index (χ2n) is 4.35. The van der Waals surface area contributed by atoms with E-state index in [9.17, 15) is 0 Å².